The number of ether oxygens (including phenoxy) is 1. The molecule has 9 heteroatoms. The van der Waals surface area contributed by atoms with Crippen LogP contribution >= 0.6 is 11.6 Å². The summed E-state index contributed by atoms with van der Waals surface area (Å²) in [4.78, 5) is 23.3. The number of carbonyl (C=O) groups excluding carboxylic acids is 1. The quantitative estimate of drug-likeness (QED) is 0.173. The maximum Gasteiger partial charge on any atom is 0.227 e. The van der Waals surface area contributed by atoms with E-state index in [0.29, 0.717) is 28.5 Å². The molecule has 0 N–H and O–H groups in total. The van der Waals surface area contributed by atoms with Crippen LogP contribution in [0.1, 0.15) is 75.8 Å². The Kier molecular flexibility index (Phi) is 8.73. The molecule has 0 radical (unpaired) electrons. The molecule has 0 spiro atoms. The molecular formula is C39H46ClN5O3. The fourth-order valence-electron chi connectivity index (χ4n) is 7.75. The summed E-state index contributed by atoms with van der Waals surface area (Å²) in [5.41, 5.74) is 7.36. The van der Waals surface area contributed by atoms with Gasteiger partial charge in [-0.1, -0.05) is 23.7 Å². The number of oxazole rings is 1. The van der Waals surface area contributed by atoms with Gasteiger partial charge in [0.05, 0.1) is 16.8 Å². The fourth-order valence-corrected chi connectivity index (χ4v) is 7.88. The summed E-state index contributed by atoms with van der Waals surface area (Å²) >= 11 is 6.31. The number of piperidine rings is 1. The van der Waals surface area contributed by atoms with Crippen molar-refractivity contribution in [3.05, 3.63) is 70.4 Å². The van der Waals surface area contributed by atoms with E-state index in [1.807, 2.05) is 69.8 Å². The van der Waals surface area contributed by atoms with Crippen LogP contribution < -0.4 is 0 Å². The van der Waals surface area contributed by atoms with Crippen LogP contribution in [-0.4, -0.2) is 75.2 Å². The van der Waals surface area contributed by atoms with Gasteiger partial charge in [0.15, 0.2) is 11.4 Å². The minimum atomic E-state index is -0.774. The number of hydrogen-bond acceptors (Lipinski definition) is 7. The van der Waals surface area contributed by atoms with Crippen LogP contribution in [0.25, 0.3) is 44.6 Å². The topological polar surface area (TPSA) is 76.6 Å². The fraction of sp³-hybridized carbons (Fsp3) is 0.462. The maximum atomic E-state index is 13.2. The molecule has 0 aliphatic carbocycles. The van der Waals surface area contributed by atoms with E-state index in [1.165, 1.54) is 19.5 Å². The number of ketones is 1. The zero-order valence-electron chi connectivity index (χ0n) is 29.1. The molecule has 2 aliphatic rings. The molecule has 8 nitrogen and oxygen atoms in total. The normalized spacial score (nSPS) is 19.1. The number of halogens is 1. The van der Waals surface area contributed by atoms with Gasteiger partial charge in [0.1, 0.15) is 11.6 Å². The van der Waals surface area contributed by atoms with Crippen molar-refractivity contribution in [3.63, 3.8) is 0 Å². The molecule has 3 aromatic carbocycles. The summed E-state index contributed by atoms with van der Waals surface area (Å²) < 4.78 is 15.1. The van der Waals surface area contributed by atoms with E-state index in [1.54, 1.807) is 6.92 Å². The van der Waals surface area contributed by atoms with Crippen LogP contribution in [-0.2, 0) is 16.6 Å². The number of carbonyl (C=O) groups is 1. The number of hydrogen-bond donors (Lipinski definition) is 0. The lowest BCUT2D eigenvalue weighted by atomic mass is 9.89. The van der Waals surface area contributed by atoms with Gasteiger partial charge in [-0.3, -0.25) is 14.4 Å². The third-order valence-electron chi connectivity index (χ3n) is 10.1. The highest BCUT2D eigenvalue weighted by Gasteiger charge is 2.33. The number of likely N-dealkylation sites (tertiary alicyclic amines) is 2. The van der Waals surface area contributed by atoms with Crippen molar-refractivity contribution in [2.24, 2.45) is 7.05 Å². The number of Topliss-reactive ketones (excluding diaryl/α,β-unsaturated/α-hetero) is 1. The van der Waals surface area contributed by atoms with E-state index in [-0.39, 0.29) is 5.78 Å². The smallest absolute Gasteiger partial charge is 0.227 e. The summed E-state index contributed by atoms with van der Waals surface area (Å²) in [6.07, 6.45) is 2.71. The standard InChI is InChI=1S/C39H46ClN5O3/c1-23-20-31-37(34(25-8-11-28(40)12-9-25)33(23)36(24(2)46)48-39(3,4)5)47-38(41-31)27-10-13-32-30(21-27)35(42-44(32)7)26-14-18-45(19-15-26)29-16-17-43(6)22-29/h8-13,20-21,26,29,36H,14-19,22H2,1-7H3/t29-,36?/m0/s1. The van der Waals surface area contributed by atoms with Gasteiger partial charge in [0.2, 0.25) is 5.89 Å². The van der Waals surface area contributed by atoms with Crippen molar-refractivity contribution >= 4 is 39.4 Å². The molecule has 2 aromatic heterocycles. The van der Waals surface area contributed by atoms with Crippen molar-refractivity contribution in [1.29, 1.82) is 0 Å². The van der Waals surface area contributed by atoms with E-state index < -0.39 is 11.7 Å². The summed E-state index contributed by atoms with van der Waals surface area (Å²) in [7, 11) is 4.26. The minimum Gasteiger partial charge on any atom is -0.435 e. The van der Waals surface area contributed by atoms with E-state index in [4.69, 9.17) is 30.8 Å². The van der Waals surface area contributed by atoms with Gasteiger partial charge >= 0.3 is 0 Å². The van der Waals surface area contributed by atoms with Crippen molar-refractivity contribution in [3.8, 4) is 22.6 Å². The Bertz CT molecular complexity index is 1980. The van der Waals surface area contributed by atoms with E-state index in [0.717, 1.165) is 75.9 Å². The maximum absolute atomic E-state index is 13.2. The Morgan fingerprint density at radius 2 is 1.71 bits per heavy atom. The molecule has 2 atom stereocenters. The lowest BCUT2D eigenvalue weighted by Gasteiger charge is -2.35. The number of likely N-dealkylation sites (N-methyl/N-ethyl adjacent to an activating group) is 1. The molecule has 2 aliphatic heterocycles. The van der Waals surface area contributed by atoms with Crippen molar-refractivity contribution in [2.45, 2.75) is 77.5 Å². The number of aryl methyl sites for hydroxylation is 2. The SMILES string of the molecule is CC(=O)C(OC(C)(C)C)c1c(C)cc2nc(-c3ccc4c(c3)c(C3CCN([C@H]5CCN(C)C5)CC3)nn4C)oc2c1-c1ccc(Cl)cc1. The second-order valence-electron chi connectivity index (χ2n) is 14.8. The van der Waals surface area contributed by atoms with Gasteiger partial charge in [-0.15, -0.1) is 0 Å². The second-order valence-corrected chi connectivity index (χ2v) is 15.3. The van der Waals surface area contributed by atoms with Gasteiger partial charge in [0, 0.05) is 52.7 Å². The van der Waals surface area contributed by atoms with Crippen LogP contribution in [0, 0.1) is 6.92 Å². The monoisotopic (exact) mass is 667 g/mol. The van der Waals surface area contributed by atoms with Gasteiger partial charge in [-0.05, 0) is 128 Å². The number of aromatic nitrogens is 3. The van der Waals surface area contributed by atoms with Crippen LogP contribution in [0.3, 0.4) is 0 Å². The van der Waals surface area contributed by atoms with Crippen LogP contribution in [0.4, 0.5) is 0 Å². The molecule has 0 saturated carbocycles. The van der Waals surface area contributed by atoms with E-state index >= 15 is 0 Å². The highest BCUT2D eigenvalue weighted by atomic mass is 35.5. The Labute approximate surface area is 288 Å². The highest BCUT2D eigenvalue weighted by Crippen LogP contribution is 2.43. The number of fused-ring (bicyclic) bond motifs is 2. The van der Waals surface area contributed by atoms with Crippen LogP contribution in [0.5, 0.6) is 0 Å². The molecule has 1 unspecified atom stereocenters. The van der Waals surface area contributed by atoms with E-state index in [9.17, 15) is 4.79 Å². The van der Waals surface area contributed by atoms with Crippen LogP contribution in [0.2, 0.25) is 5.02 Å². The van der Waals surface area contributed by atoms with Crippen LogP contribution in [0.15, 0.2) is 52.9 Å². The van der Waals surface area contributed by atoms with Crippen molar-refractivity contribution in [1.82, 2.24) is 24.6 Å². The largest absolute Gasteiger partial charge is 0.435 e. The minimum absolute atomic E-state index is 0.0710. The number of benzene rings is 3. The van der Waals surface area contributed by atoms with Gasteiger partial charge in [-0.25, -0.2) is 4.98 Å². The van der Waals surface area contributed by atoms with E-state index in [2.05, 4.69) is 35.0 Å². The molecule has 2 fully saturated rings. The first-order valence-electron chi connectivity index (χ1n) is 17.1. The van der Waals surface area contributed by atoms with Crippen molar-refractivity contribution in [2.75, 3.05) is 33.2 Å². The average molecular weight is 668 g/mol. The third kappa shape index (κ3) is 6.31. The molecule has 5 aromatic rings. The molecule has 252 valence electrons. The molecule has 0 bridgehead atoms. The number of rotatable bonds is 7. The summed E-state index contributed by atoms with van der Waals surface area (Å²) in [5.74, 6) is 0.874. The Morgan fingerprint density at radius 1 is 1.00 bits per heavy atom. The molecule has 48 heavy (non-hydrogen) atoms. The summed E-state index contributed by atoms with van der Waals surface area (Å²) in [5, 5.41) is 6.84. The summed E-state index contributed by atoms with van der Waals surface area (Å²) in [6.45, 7) is 14.1. The highest BCUT2D eigenvalue weighted by molar-refractivity contribution is 6.30. The number of nitrogens with zero attached hydrogens (tertiary/aromatic N) is 5. The lowest BCUT2D eigenvalue weighted by Crippen LogP contribution is -2.42. The molecule has 7 rings (SSSR count). The lowest BCUT2D eigenvalue weighted by molar-refractivity contribution is -0.138. The first-order chi connectivity index (χ1) is 22.9. The second kappa shape index (κ2) is 12.7. The Morgan fingerprint density at radius 3 is 2.35 bits per heavy atom. The first kappa shape index (κ1) is 33.0. The average Bonchev–Trinajstić information content (AvgIpc) is 3.76. The van der Waals surface area contributed by atoms with Gasteiger partial charge < -0.3 is 14.1 Å². The third-order valence-corrected chi connectivity index (χ3v) is 10.3. The predicted molar refractivity (Wildman–Crippen MR) is 193 cm³/mol. The molecule has 4 heterocycles. The Hall–Kier alpha value is -3.56. The zero-order chi connectivity index (χ0) is 33.9. The summed E-state index contributed by atoms with van der Waals surface area (Å²) in [6, 6.07) is 16.7. The first-order valence-corrected chi connectivity index (χ1v) is 17.5. The van der Waals surface area contributed by atoms with Gasteiger partial charge in [-0.2, -0.15) is 5.10 Å². The predicted octanol–water partition coefficient (Wildman–Crippen LogP) is 8.34. The van der Waals surface area contributed by atoms with Crippen molar-refractivity contribution < 1.29 is 13.9 Å². The molecule has 0 amide bonds. The Balaban J connectivity index is 1.30. The zero-order valence-corrected chi connectivity index (χ0v) is 29.9. The van der Waals surface area contributed by atoms with Gasteiger partial charge in [0.25, 0.3) is 0 Å². The molecular weight excluding hydrogens is 622 g/mol. The molecule has 2 saturated heterocycles.